The molecule has 1 amide bonds. The Bertz CT molecular complexity index is 1190. The van der Waals surface area contributed by atoms with Gasteiger partial charge in [0, 0.05) is 31.0 Å². The third kappa shape index (κ3) is 4.86. The van der Waals surface area contributed by atoms with Gasteiger partial charge in [0.1, 0.15) is 18.7 Å². The van der Waals surface area contributed by atoms with Gasteiger partial charge in [0.25, 0.3) is 5.78 Å². The van der Waals surface area contributed by atoms with Crippen molar-refractivity contribution < 1.29 is 19.1 Å². The van der Waals surface area contributed by atoms with E-state index in [2.05, 4.69) is 32.1 Å². The van der Waals surface area contributed by atoms with Gasteiger partial charge in [0.15, 0.2) is 0 Å². The number of hydrogen-bond donors (Lipinski definition) is 0. The lowest BCUT2D eigenvalue weighted by atomic mass is 9.96. The highest BCUT2D eigenvalue weighted by atomic mass is 16.5. The van der Waals surface area contributed by atoms with Gasteiger partial charge in [-0.3, -0.25) is 14.5 Å². The van der Waals surface area contributed by atoms with Crippen LogP contribution in [0.1, 0.15) is 29.5 Å². The van der Waals surface area contributed by atoms with E-state index < -0.39 is 0 Å². The van der Waals surface area contributed by atoms with Gasteiger partial charge in [-0.05, 0) is 49.2 Å². The predicted octanol–water partition coefficient (Wildman–Crippen LogP) is 1.47. The largest absolute Gasteiger partial charge is 0.491 e. The molecule has 0 N–H and O–H groups in total. The number of benzene rings is 1. The molecule has 0 aliphatic carbocycles. The third-order valence-electron chi connectivity index (χ3n) is 6.53. The Morgan fingerprint density at radius 1 is 1.15 bits per heavy atom. The Morgan fingerprint density at radius 2 is 2.00 bits per heavy atom. The summed E-state index contributed by atoms with van der Waals surface area (Å²) in [6.45, 7) is 4.02. The molecule has 0 spiro atoms. The fourth-order valence-corrected chi connectivity index (χ4v) is 4.65. The first-order chi connectivity index (χ1) is 16.6. The number of fused-ring (bicyclic) bond motifs is 2. The molecule has 178 valence electrons. The Labute approximate surface area is 197 Å². The Hall–Kier alpha value is -3.53. The van der Waals surface area contributed by atoms with E-state index in [1.54, 1.807) is 16.9 Å². The molecule has 0 radical (unpaired) electrons. The maximum Gasteiger partial charge on any atom is 0.308 e. The summed E-state index contributed by atoms with van der Waals surface area (Å²) in [5.41, 5.74) is 2.98. The molecule has 2 aromatic heterocycles. The van der Waals surface area contributed by atoms with E-state index in [9.17, 15) is 9.59 Å². The summed E-state index contributed by atoms with van der Waals surface area (Å²) >= 11 is 0. The molecule has 2 aliphatic heterocycles. The zero-order valence-corrected chi connectivity index (χ0v) is 19.2. The number of ether oxygens (including phenoxy) is 2. The summed E-state index contributed by atoms with van der Waals surface area (Å²) < 4.78 is 12.4. The summed E-state index contributed by atoms with van der Waals surface area (Å²) in [5, 5.41) is 4.09. The summed E-state index contributed by atoms with van der Waals surface area (Å²) in [5.74, 6) is 1.25. The van der Waals surface area contributed by atoms with Gasteiger partial charge in [-0.15, -0.1) is 0 Å². The van der Waals surface area contributed by atoms with Crippen molar-refractivity contribution in [3.05, 3.63) is 53.6 Å². The summed E-state index contributed by atoms with van der Waals surface area (Å²) in [6.07, 6.45) is 6.78. The van der Waals surface area contributed by atoms with Crippen LogP contribution in [-0.4, -0.2) is 74.6 Å². The van der Waals surface area contributed by atoms with E-state index in [0.717, 1.165) is 49.4 Å². The second kappa shape index (κ2) is 9.76. The summed E-state index contributed by atoms with van der Waals surface area (Å²) in [7, 11) is 1.45. The van der Waals surface area contributed by atoms with Gasteiger partial charge in [-0.25, -0.2) is 9.50 Å². The number of carbonyl (C=O) groups is 2. The van der Waals surface area contributed by atoms with Crippen LogP contribution in [0, 0.1) is 5.92 Å². The average molecular weight is 465 g/mol. The number of rotatable bonds is 5. The maximum absolute atomic E-state index is 13.1. The maximum atomic E-state index is 13.1. The zero-order valence-electron chi connectivity index (χ0n) is 19.2. The molecule has 0 unspecified atom stereocenters. The lowest BCUT2D eigenvalue weighted by molar-refractivity contribution is -0.147. The first-order valence-corrected chi connectivity index (χ1v) is 11.6. The standard InChI is InChI=1S/C24H28N6O4/c1-33-23(32)19-4-6-28(7-5-19)13-17-2-3-21-20(10-17)15-29(8-9-34-21)22(31)11-18-12-25-24-26-16-27-30(24)14-18/h2-3,10,12,14,16,19H,4-9,11,13,15H2,1H3. The van der Waals surface area contributed by atoms with Crippen LogP contribution in [0.15, 0.2) is 36.9 Å². The normalized spacial score (nSPS) is 17.1. The number of likely N-dealkylation sites (tertiary alicyclic amines) is 1. The van der Waals surface area contributed by atoms with Crippen molar-refractivity contribution in [1.82, 2.24) is 29.4 Å². The Kier molecular flexibility index (Phi) is 6.39. The minimum atomic E-state index is -0.108. The number of esters is 1. The highest BCUT2D eigenvalue weighted by Gasteiger charge is 2.26. The van der Waals surface area contributed by atoms with Crippen LogP contribution in [-0.2, 0) is 33.8 Å². The molecule has 3 aromatic rings. The minimum absolute atomic E-state index is 0.00161. The molecule has 4 heterocycles. The van der Waals surface area contributed by atoms with Crippen LogP contribution in [0.2, 0.25) is 0 Å². The number of aromatic nitrogens is 4. The lowest BCUT2D eigenvalue weighted by Gasteiger charge is -2.30. The van der Waals surface area contributed by atoms with E-state index in [0.29, 0.717) is 25.5 Å². The van der Waals surface area contributed by atoms with Crippen LogP contribution >= 0.6 is 0 Å². The molecule has 5 rings (SSSR count). The molecular weight excluding hydrogens is 436 g/mol. The molecule has 1 fully saturated rings. The molecule has 1 saturated heterocycles. The number of hydrogen-bond acceptors (Lipinski definition) is 8. The molecule has 0 saturated carbocycles. The summed E-state index contributed by atoms with van der Waals surface area (Å²) in [6, 6.07) is 6.22. The van der Waals surface area contributed by atoms with Gasteiger partial charge < -0.3 is 14.4 Å². The van der Waals surface area contributed by atoms with Gasteiger partial charge >= 0.3 is 5.97 Å². The zero-order chi connectivity index (χ0) is 23.5. The van der Waals surface area contributed by atoms with Crippen molar-refractivity contribution in [2.24, 2.45) is 5.92 Å². The first-order valence-electron chi connectivity index (χ1n) is 11.6. The fraction of sp³-hybridized carbons (Fsp3) is 0.458. The number of methoxy groups -OCH3 is 1. The van der Waals surface area contributed by atoms with Gasteiger partial charge in [-0.1, -0.05) is 6.07 Å². The molecule has 0 bridgehead atoms. The second-order valence-electron chi connectivity index (χ2n) is 8.82. The lowest BCUT2D eigenvalue weighted by Crippen LogP contribution is -2.36. The van der Waals surface area contributed by atoms with Crippen LogP contribution in [0.3, 0.4) is 0 Å². The fourth-order valence-electron chi connectivity index (χ4n) is 4.65. The SMILES string of the molecule is COC(=O)C1CCN(Cc2ccc3c(c2)CN(C(=O)Cc2cnc4ncnn4c2)CCO3)CC1. The second-order valence-corrected chi connectivity index (χ2v) is 8.82. The van der Waals surface area contributed by atoms with Crippen LogP contribution < -0.4 is 4.74 Å². The minimum Gasteiger partial charge on any atom is -0.491 e. The van der Waals surface area contributed by atoms with E-state index in [1.165, 1.54) is 19.0 Å². The van der Waals surface area contributed by atoms with Gasteiger partial charge in [-0.2, -0.15) is 10.1 Å². The molecule has 2 aliphatic rings. The molecular formula is C24H28N6O4. The van der Waals surface area contributed by atoms with Gasteiger partial charge in [0.05, 0.1) is 26.0 Å². The van der Waals surface area contributed by atoms with Crippen molar-refractivity contribution in [3.8, 4) is 5.75 Å². The quantitative estimate of drug-likeness (QED) is 0.523. The molecule has 10 nitrogen and oxygen atoms in total. The highest BCUT2D eigenvalue weighted by Crippen LogP contribution is 2.27. The van der Waals surface area contributed by atoms with Crippen LogP contribution in [0.25, 0.3) is 5.78 Å². The van der Waals surface area contributed by atoms with E-state index in [-0.39, 0.29) is 24.2 Å². The third-order valence-corrected chi connectivity index (χ3v) is 6.53. The number of piperidine rings is 1. The van der Waals surface area contributed by atoms with E-state index in [1.807, 2.05) is 11.0 Å². The van der Waals surface area contributed by atoms with Crippen molar-refractivity contribution in [2.75, 3.05) is 33.4 Å². The molecule has 1 aromatic carbocycles. The first kappa shape index (κ1) is 22.3. The van der Waals surface area contributed by atoms with Crippen LogP contribution in [0.5, 0.6) is 5.75 Å². The Morgan fingerprint density at radius 3 is 2.82 bits per heavy atom. The van der Waals surface area contributed by atoms with Gasteiger partial charge in [0.2, 0.25) is 5.91 Å². The summed E-state index contributed by atoms with van der Waals surface area (Å²) in [4.78, 5) is 37.3. The topological polar surface area (TPSA) is 102 Å². The average Bonchev–Trinajstić information content (AvgIpc) is 3.21. The van der Waals surface area contributed by atoms with Crippen molar-refractivity contribution in [3.63, 3.8) is 0 Å². The number of nitrogens with zero attached hydrogens (tertiary/aromatic N) is 6. The van der Waals surface area contributed by atoms with Crippen molar-refractivity contribution in [1.29, 1.82) is 0 Å². The van der Waals surface area contributed by atoms with Crippen molar-refractivity contribution in [2.45, 2.75) is 32.4 Å². The highest BCUT2D eigenvalue weighted by molar-refractivity contribution is 5.79. The van der Waals surface area contributed by atoms with Crippen molar-refractivity contribution >= 4 is 17.7 Å². The van der Waals surface area contributed by atoms with Crippen LogP contribution in [0.4, 0.5) is 0 Å². The molecule has 10 heteroatoms. The molecule has 34 heavy (non-hydrogen) atoms. The van der Waals surface area contributed by atoms with E-state index >= 15 is 0 Å². The smallest absolute Gasteiger partial charge is 0.308 e. The molecule has 0 atom stereocenters. The monoisotopic (exact) mass is 464 g/mol. The van der Waals surface area contributed by atoms with E-state index in [4.69, 9.17) is 9.47 Å². The Balaban J connectivity index is 1.23. The predicted molar refractivity (Wildman–Crippen MR) is 122 cm³/mol. The number of carbonyl (C=O) groups excluding carboxylic acids is 2. The number of amides is 1.